The van der Waals surface area contributed by atoms with Gasteiger partial charge in [-0.1, -0.05) is 217 Å². The van der Waals surface area contributed by atoms with E-state index >= 15 is 0 Å². The number of unbranched alkanes of at least 4 members (excludes halogenated alkanes) is 30. The molecule has 0 aliphatic carbocycles. The van der Waals surface area contributed by atoms with Crippen molar-refractivity contribution in [3.63, 3.8) is 0 Å². The van der Waals surface area contributed by atoms with Gasteiger partial charge < -0.3 is 89.9 Å². The Morgan fingerprint density at radius 3 is 1.24 bits per heavy atom. The molecule has 19 nitrogen and oxygen atoms in total. The molecule has 0 aromatic carbocycles. The van der Waals surface area contributed by atoms with Crippen molar-refractivity contribution in [2.24, 2.45) is 0 Å². The van der Waals surface area contributed by atoms with E-state index in [2.05, 4.69) is 43.5 Å². The van der Waals surface area contributed by atoms with Gasteiger partial charge in [0.15, 0.2) is 18.9 Å². The van der Waals surface area contributed by atoms with E-state index < -0.39 is 124 Å². The minimum atomic E-state index is -1.98. The van der Waals surface area contributed by atoms with Gasteiger partial charge in [-0.2, -0.15) is 0 Å². The van der Waals surface area contributed by atoms with Crippen LogP contribution in [0.1, 0.15) is 239 Å². The van der Waals surface area contributed by atoms with Gasteiger partial charge >= 0.3 is 0 Å². The van der Waals surface area contributed by atoms with Crippen molar-refractivity contribution in [2.45, 2.75) is 343 Å². The number of carbonyl (C=O) groups is 1. The molecule has 3 heterocycles. The minimum Gasteiger partial charge on any atom is -0.394 e. The molecule has 3 rings (SSSR count). The molecular formula is C65H119NO18. The minimum absolute atomic E-state index is 0.228. The number of allylic oxidation sites excluding steroid dienone is 5. The number of hydrogen-bond acceptors (Lipinski definition) is 18. The van der Waals surface area contributed by atoms with Crippen molar-refractivity contribution in [2.75, 3.05) is 26.4 Å². The lowest BCUT2D eigenvalue weighted by atomic mass is 9.96. The average Bonchev–Trinajstić information content (AvgIpc) is 2.81. The van der Waals surface area contributed by atoms with Gasteiger partial charge in [0.05, 0.1) is 38.6 Å². The molecular weight excluding hydrogens is 1080 g/mol. The maximum absolute atomic E-state index is 13.3. The van der Waals surface area contributed by atoms with Crippen LogP contribution >= 0.6 is 0 Å². The standard InChI is InChI=1S/C65H119NO18/c1-3-5-7-9-11-13-15-17-19-20-21-22-23-24-25-26-27-29-30-32-34-36-38-40-42-49(70)48(66-53(71)43-41-39-37-35-33-31-28-18-16-14-12-10-8-6-4-2)47-79-63-59(77)56(74)61(51(45-68)81-63)84-65-60(78)57(75)62(52(46-69)82-65)83-64-58(76)55(73)54(72)50(44-67)80-64/h12,14,18,28,40,42,48-52,54-65,67-70,72-78H,3-11,13,15-17,19-27,29-39,41,43-47H2,1-2H3,(H,66,71)/b14-12-,28-18-,42-40+. The summed E-state index contributed by atoms with van der Waals surface area (Å²) in [6, 6.07) is -0.980. The lowest BCUT2D eigenvalue weighted by Gasteiger charge is -2.48. The molecule has 17 unspecified atom stereocenters. The molecule has 0 saturated carbocycles. The molecule has 1 amide bonds. The van der Waals surface area contributed by atoms with E-state index in [1.54, 1.807) is 6.08 Å². The van der Waals surface area contributed by atoms with Crippen LogP contribution in [-0.4, -0.2) is 193 Å². The van der Waals surface area contributed by atoms with Crippen molar-refractivity contribution in [1.29, 1.82) is 0 Å². The summed E-state index contributed by atoms with van der Waals surface area (Å²) in [5.41, 5.74) is 0. The summed E-state index contributed by atoms with van der Waals surface area (Å²) in [5.74, 6) is -0.289. The first-order chi connectivity index (χ1) is 40.8. The Balaban J connectivity index is 1.46. The SMILES string of the molecule is CCCCC/C=C\C/C=C\CCCCCCCC(=O)NC(COC1OC(CO)C(OC2OC(CO)C(OC3OC(CO)C(O)C(O)C3O)C(O)C2O)C(O)C1O)C(O)/C=C/CCCCCCCCCCCCCCCCCCCCCCCC. The molecule has 0 aromatic heterocycles. The number of nitrogens with one attached hydrogen (secondary N) is 1. The summed E-state index contributed by atoms with van der Waals surface area (Å²) < 4.78 is 34.3. The first-order valence-corrected chi connectivity index (χ1v) is 33.2. The van der Waals surface area contributed by atoms with E-state index in [-0.39, 0.29) is 18.9 Å². The Morgan fingerprint density at radius 1 is 0.429 bits per heavy atom. The van der Waals surface area contributed by atoms with Crippen LogP contribution in [0.2, 0.25) is 0 Å². The predicted octanol–water partition coefficient (Wildman–Crippen LogP) is 7.66. The van der Waals surface area contributed by atoms with Gasteiger partial charge in [0.2, 0.25) is 5.91 Å². The van der Waals surface area contributed by atoms with E-state index in [1.807, 2.05) is 6.08 Å². The Kier molecular flexibility index (Phi) is 43.5. The van der Waals surface area contributed by atoms with E-state index in [9.17, 15) is 61.0 Å². The van der Waals surface area contributed by atoms with E-state index in [0.29, 0.717) is 6.42 Å². The van der Waals surface area contributed by atoms with Crippen molar-refractivity contribution in [3.05, 3.63) is 36.5 Å². The summed E-state index contributed by atoms with van der Waals surface area (Å²) in [6.45, 7) is 1.70. The van der Waals surface area contributed by atoms with Crippen LogP contribution in [0.3, 0.4) is 0 Å². The first kappa shape index (κ1) is 76.3. The van der Waals surface area contributed by atoms with E-state index in [1.165, 1.54) is 141 Å². The number of carbonyl (C=O) groups excluding carboxylic acids is 1. The molecule has 17 atom stereocenters. The van der Waals surface area contributed by atoms with Crippen LogP contribution < -0.4 is 5.32 Å². The third-order valence-electron chi connectivity index (χ3n) is 16.7. The predicted molar refractivity (Wildman–Crippen MR) is 323 cm³/mol. The quantitative estimate of drug-likeness (QED) is 0.0205. The monoisotopic (exact) mass is 1200 g/mol. The van der Waals surface area contributed by atoms with Gasteiger partial charge in [-0.05, 0) is 51.4 Å². The van der Waals surface area contributed by atoms with Crippen LogP contribution in [-0.2, 0) is 33.2 Å². The summed E-state index contributed by atoms with van der Waals surface area (Å²) in [4.78, 5) is 13.3. The van der Waals surface area contributed by atoms with Gasteiger partial charge in [-0.15, -0.1) is 0 Å². The van der Waals surface area contributed by atoms with Crippen LogP contribution in [0.5, 0.6) is 0 Å². The maximum atomic E-state index is 13.3. The largest absolute Gasteiger partial charge is 0.394 e. The molecule has 0 radical (unpaired) electrons. The molecule has 3 saturated heterocycles. The number of aliphatic hydroxyl groups is 11. The second-order valence-corrected chi connectivity index (χ2v) is 23.9. The lowest BCUT2D eigenvalue weighted by molar-refractivity contribution is -0.379. The molecule has 3 fully saturated rings. The zero-order valence-corrected chi connectivity index (χ0v) is 51.6. The van der Waals surface area contributed by atoms with Crippen molar-refractivity contribution >= 4 is 5.91 Å². The smallest absolute Gasteiger partial charge is 0.220 e. The third-order valence-corrected chi connectivity index (χ3v) is 16.7. The molecule has 492 valence electrons. The third kappa shape index (κ3) is 30.5. The Bertz CT molecular complexity index is 1670. The van der Waals surface area contributed by atoms with Crippen LogP contribution in [0, 0.1) is 0 Å². The average molecular weight is 1200 g/mol. The van der Waals surface area contributed by atoms with Crippen LogP contribution in [0.4, 0.5) is 0 Å². The molecule has 0 aromatic rings. The summed E-state index contributed by atoms with van der Waals surface area (Å²) >= 11 is 0. The summed E-state index contributed by atoms with van der Waals surface area (Å²) in [6.07, 6.45) is 26.9. The van der Waals surface area contributed by atoms with Crippen molar-refractivity contribution in [3.8, 4) is 0 Å². The summed E-state index contributed by atoms with van der Waals surface area (Å²) in [7, 11) is 0. The fourth-order valence-electron chi connectivity index (χ4n) is 11.2. The lowest BCUT2D eigenvalue weighted by Crippen LogP contribution is -2.66. The number of ether oxygens (including phenoxy) is 6. The molecule has 84 heavy (non-hydrogen) atoms. The summed E-state index contributed by atoms with van der Waals surface area (Å²) in [5, 5.41) is 120. The highest BCUT2D eigenvalue weighted by Crippen LogP contribution is 2.33. The second-order valence-electron chi connectivity index (χ2n) is 23.9. The van der Waals surface area contributed by atoms with Crippen molar-refractivity contribution in [1.82, 2.24) is 5.32 Å². The fraction of sp³-hybridized carbons (Fsp3) is 0.892. The normalized spacial score (nSPS) is 29.4. The van der Waals surface area contributed by atoms with E-state index in [4.69, 9.17) is 28.4 Å². The molecule has 0 spiro atoms. The first-order valence-electron chi connectivity index (χ1n) is 33.2. The van der Waals surface area contributed by atoms with Gasteiger partial charge in [-0.3, -0.25) is 4.79 Å². The van der Waals surface area contributed by atoms with Crippen molar-refractivity contribution < 1.29 is 89.4 Å². The van der Waals surface area contributed by atoms with Crippen LogP contribution in [0.25, 0.3) is 0 Å². The molecule has 19 heteroatoms. The molecule has 3 aliphatic rings. The molecule has 0 bridgehead atoms. The highest BCUT2D eigenvalue weighted by Gasteiger charge is 2.53. The zero-order chi connectivity index (χ0) is 61.2. The Morgan fingerprint density at radius 2 is 0.786 bits per heavy atom. The Labute approximate surface area is 504 Å². The Hall–Kier alpha value is -1.99. The number of aliphatic hydroxyl groups excluding tert-OH is 11. The number of amides is 1. The van der Waals surface area contributed by atoms with Gasteiger partial charge in [-0.25, -0.2) is 0 Å². The molecule has 3 aliphatic heterocycles. The van der Waals surface area contributed by atoms with Gasteiger partial charge in [0.25, 0.3) is 0 Å². The topological polar surface area (TPSA) is 307 Å². The van der Waals surface area contributed by atoms with Gasteiger partial charge in [0, 0.05) is 6.42 Å². The number of hydrogen-bond donors (Lipinski definition) is 12. The van der Waals surface area contributed by atoms with Gasteiger partial charge in [0.1, 0.15) is 73.2 Å². The zero-order valence-electron chi connectivity index (χ0n) is 51.6. The second kappa shape index (κ2) is 47.9. The molecule has 12 N–H and O–H groups in total. The highest BCUT2D eigenvalue weighted by molar-refractivity contribution is 5.76. The fourth-order valence-corrected chi connectivity index (χ4v) is 11.2. The highest BCUT2D eigenvalue weighted by atomic mass is 16.8. The van der Waals surface area contributed by atoms with E-state index in [0.717, 1.165) is 70.6 Å². The maximum Gasteiger partial charge on any atom is 0.220 e. The number of rotatable bonds is 50. The van der Waals surface area contributed by atoms with Crippen LogP contribution in [0.15, 0.2) is 36.5 Å².